The van der Waals surface area contributed by atoms with Gasteiger partial charge in [-0.15, -0.1) is 11.3 Å². The summed E-state index contributed by atoms with van der Waals surface area (Å²) >= 11 is 12.9. The SMILES string of the molecule is COP(=O)(O)C(OC(=O)COc1ccc(Cl)cc1Cl)c1cccs1. The topological polar surface area (TPSA) is 82.1 Å². The van der Waals surface area contributed by atoms with Crippen molar-refractivity contribution in [3.05, 3.63) is 50.6 Å². The zero-order valence-corrected chi connectivity index (χ0v) is 15.6. The van der Waals surface area contributed by atoms with E-state index in [9.17, 15) is 14.3 Å². The Morgan fingerprint density at radius 3 is 2.71 bits per heavy atom. The molecular weight excluding hydrogens is 398 g/mol. The second-order valence-electron chi connectivity index (χ2n) is 4.47. The maximum Gasteiger partial charge on any atom is 0.373 e. The number of ether oxygens (including phenoxy) is 2. The van der Waals surface area contributed by atoms with Crippen molar-refractivity contribution in [1.82, 2.24) is 0 Å². The third-order valence-electron chi connectivity index (χ3n) is 2.83. The van der Waals surface area contributed by atoms with Crippen molar-refractivity contribution in [2.24, 2.45) is 0 Å². The molecule has 6 nitrogen and oxygen atoms in total. The molecule has 0 aliphatic rings. The van der Waals surface area contributed by atoms with Gasteiger partial charge in [-0.3, -0.25) is 4.57 Å². The molecule has 10 heteroatoms. The van der Waals surface area contributed by atoms with Crippen LogP contribution >= 0.6 is 42.1 Å². The molecule has 130 valence electrons. The Morgan fingerprint density at radius 2 is 2.12 bits per heavy atom. The molecule has 0 aliphatic heterocycles. The molecule has 0 radical (unpaired) electrons. The molecule has 0 amide bonds. The van der Waals surface area contributed by atoms with Crippen LogP contribution in [0, 0.1) is 0 Å². The molecule has 0 saturated heterocycles. The first-order valence-electron chi connectivity index (χ1n) is 6.52. The van der Waals surface area contributed by atoms with Gasteiger partial charge in [0, 0.05) is 12.1 Å². The zero-order chi connectivity index (χ0) is 17.7. The molecule has 1 aromatic carbocycles. The molecule has 2 atom stereocenters. The van der Waals surface area contributed by atoms with Crippen LogP contribution in [-0.2, 0) is 18.6 Å². The molecule has 24 heavy (non-hydrogen) atoms. The minimum Gasteiger partial charge on any atom is -0.480 e. The first kappa shape index (κ1) is 19.2. The second-order valence-corrected chi connectivity index (χ2v) is 8.25. The fourth-order valence-electron chi connectivity index (χ4n) is 1.70. The number of carbonyl (C=O) groups excluding carboxylic acids is 1. The Balaban J connectivity index is 2.04. The van der Waals surface area contributed by atoms with Crippen molar-refractivity contribution in [2.75, 3.05) is 13.7 Å². The molecule has 2 aromatic rings. The standard InChI is InChI=1S/C14H13Cl2O6PS/c1-20-23(18,19)14(12-3-2-6-24-12)22-13(17)8-21-11-5-4-9(15)7-10(11)16/h2-7,14H,8H2,1H3,(H,18,19). The van der Waals surface area contributed by atoms with Gasteiger partial charge in [0.1, 0.15) is 5.75 Å². The predicted molar refractivity (Wildman–Crippen MR) is 91.9 cm³/mol. The molecule has 0 saturated carbocycles. The Bertz CT molecular complexity index is 752. The van der Waals surface area contributed by atoms with Gasteiger partial charge in [0.05, 0.1) is 9.90 Å². The third kappa shape index (κ3) is 4.96. The van der Waals surface area contributed by atoms with E-state index >= 15 is 0 Å². The van der Waals surface area contributed by atoms with E-state index in [0.29, 0.717) is 9.90 Å². The number of benzene rings is 1. The Labute approximate surface area is 152 Å². The lowest BCUT2D eigenvalue weighted by Crippen LogP contribution is -2.18. The van der Waals surface area contributed by atoms with Gasteiger partial charge < -0.3 is 18.9 Å². The number of halogens is 2. The number of rotatable bonds is 7. The van der Waals surface area contributed by atoms with E-state index in [0.717, 1.165) is 7.11 Å². The lowest BCUT2D eigenvalue weighted by Gasteiger charge is -2.20. The predicted octanol–water partition coefficient (Wildman–Crippen LogP) is 4.51. The van der Waals surface area contributed by atoms with Crippen LogP contribution in [0.5, 0.6) is 5.75 Å². The van der Waals surface area contributed by atoms with Crippen LogP contribution in [0.3, 0.4) is 0 Å². The summed E-state index contributed by atoms with van der Waals surface area (Å²) in [5.41, 5.74) is 0. The van der Waals surface area contributed by atoms with Gasteiger partial charge >= 0.3 is 13.6 Å². The van der Waals surface area contributed by atoms with Crippen LogP contribution in [-0.4, -0.2) is 24.6 Å². The van der Waals surface area contributed by atoms with Crippen molar-refractivity contribution in [1.29, 1.82) is 0 Å². The average molecular weight is 411 g/mol. The summed E-state index contributed by atoms with van der Waals surface area (Å²) in [7, 11) is -3.10. The van der Waals surface area contributed by atoms with Crippen LogP contribution in [0.25, 0.3) is 0 Å². The summed E-state index contributed by atoms with van der Waals surface area (Å²) in [6, 6.07) is 7.75. The highest BCUT2D eigenvalue weighted by Crippen LogP contribution is 2.57. The summed E-state index contributed by atoms with van der Waals surface area (Å²) in [6.45, 7) is -0.493. The summed E-state index contributed by atoms with van der Waals surface area (Å²) in [5, 5.41) is 2.35. The summed E-state index contributed by atoms with van der Waals surface area (Å²) in [6.07, 6.45) is 0. The van der Waals surface area contributed by atoms with E-state index in [-0.39, 0.29) is 10.8 Å². The quantitative estimate of drug-likeness (QED) is 0.534. The molecule has 1 aromatic heterocycles. The molecule has 0 aliphatic carbocycles. The number of hydrogen-bond donors (Lipinski definition) is 1. The Kier molecular flexibility index (Phi) is 6.69. The van der Waals surface area contributed by atoms with Gasteiger partial charge in [0.2, 0.25) is 5.85 Å². The minimum atomic E-state index is -4.17. The summed E-state index contributed by atoms with van der Waals surface area (Å²) in [4.78, 5) is 22.2. The van der Waals surface area contributed by atoms with Crippen LogP contribution < -0.4 is 4.74 Å². The highest BCUT2D eigenvalue weighted by Gasteiger charge is 2.37. The molecular formula is C14H13Cl2O6PS. The number of thiophene rings is 1. The van der Waals surface area contributed by atoms with E-state index in [2.05, 4.69) is 4.52 Å². The molecule has 2 unspecified atom stereocenters. The van der Waals surface area contributed by atoms with Crippen molar-refractivity contribution in [2.45, 2.75) is 5.85 Å². The molecule has 1 N–H and O–H groups in total. The van der Waals surface area contributed by atoms with E-state index in [4.69, 9.17) is 32.7 Å². The average Bonchev–Trinajstić information content (AvgIpc) is 3.05. The van der Waals surface area contributed by atoms with E-state index in [1.807, 2.05) is 0 Å². The monoisotopic (exact) mass is 410 g/mol. The summed E-state index contributed by atoms with van der Waals surface area (Å²) in [5.74, 6) is -2.02. The molecule has 1 heterocycles. The fourth-order valence-corrected chi connectivity index (χ4v) is 4.23. The highest BCUT2D eigenvalue weighted by atomic mass is 35.5. The van der Waals surface area contributed by atoms with E-state index < -0.39 is 26.0 Å². The normalized spacial score (nSPS) is 14.7. The number of esters is 1. The van der Waals surface area contributed by atoms with Gasteiger partial charge in [-0.05, 0) is 29.6 Å². The second kappa shape index (κ2) is 8.34. The minimum absolute atomic E-state index is 0.231. The highest BCUT2D eigenvalue weighted by molar-refractivity contribution is 7.53. The molecule has 0 fully saturated rings. The third-order valence-corrected chi connectivity index (χ3v) is 5.95. The van der Waals surface area contributed by atoms with Crippen LogP contribution in [0.1, 0.15) is 10.7 Å². The zero-order valence-electron chi connectivity index (χ0n) is 12.3. The van der Waals surface area contributed by atoms with Gasteiger partial charge in [-0.25, -0.2) is 4.79 Å². The lowest BCUT2D eigenvalue weighted by molar-refractivity contribution is -0.148. The largest absolute Gasteiger partial charge is 0.480 e. The van der Waals surface area contributed by atoms with Gasteiger partial charge in [0.15, 0.2) is 6.61 Å². The lowest BCUT2D eigenvalue weighted by atomic mass is 10.3. The van der Waals surface area contributed by atoms with Crippen molar-refractivity contribution in [3.63, 3.8) is 0 Å². The first-order chi connectivity index (χ1) is 11.3. The molecule has 0 spiro atoms. The van der Waals surface area contributed by atoms with Crippen molar-refractivity contribution in [3.8, 4) is 5.75 Å². The fraction of sp³-hybridized carbons (Fsp3) is 0.214. The Hall–Kier alpha value is -1.08. The summed E-state index contributed by atoms with van der Waals surface area (Å²) < 4.78 is 27.0. The number of carbonyl (C=O) groups is 1. The maximum atomic E-state index is 12.1. The molecule has 2 rings (SSSR count). The van der Waals surface area contributed by atoms with Crippen molar-refractivity contribution >= 4 is 48.1 Å². The smallest absolute Gasteiger partial charge is 0.373 e. The molecule has 0 bridgehead atoms. The van der Waals surface area contributed by atoms with E-state index in [1.54, 1.807) is 23.6 Å². The van der Waals surface area contributed by atoms with E-state index in [1.165, 1.54) is 23.5 Å². The first-order valence-corrected chi connectivity index (χ1v) is 9.80. The van der Waals surface area contributed by atoms with Gasteiger partial charge in [-0.1, -0.05) is 29.3 Å². The van der Waals surface area contributed by atoms with Gasteiger partial charge in [-0.2, -0.15) is 0 Å². The Morgan fingerprint density at radius 1 is 1.38 bits per heavy atom. The van der Waals surface area contributed by atoms with Crippen LogP contribution in [0.2, 0.25) is 10.0 Å². The maximum absolute atomic E-state index is 12.1. The van der Waals surface area contributed by atoms with Crippen LogP contribution in [0.15, 0.2) is 35.7 Å². The number of hydrogen-bond acceptors (Lipinski definition) is 6. The van der Waals surface area contributed by atoms with Gasteiger partial charge in [0.25, 0.3) is 0 Å². The van der Waals surface area contributed by atoms with Crippen LogP contribution in [0.4, 0.5) is 0 Å². The van der Waals surface area contributed by atoms with Crippen molar-refractivity contribution < 1.29 is 28.3 Å².